The molecule has 3 heterocycles. The van der Waals surface area contributed by atoms with Crippen LogP contribution < -0.4 is 14.4 Å². The number of hydrogen-bond acceptors (Lipinski definition) is 4. The van der Waals surface area contributed by atoms with Gasteiger partial charge in [-0.3, -0.25) is 4.79 Å². The standard InChI is InChI=1S/C31H30ClN3O4/c1-4-16-39-25-15-14-19(17-26(25)38-5-2)21-18-34-30(37)35(24-13-9-7-11-22(24)32)29(36)31(34,3)28-27(21)20-10-6-8-12-23(20)33-28/h6-15,17,21,33H,4-5,16,18H2,1-3H3/t21-,31+/m1/s1. The number of rotatable bonds is 7. The highest BCUT2D eigenvalue weighted by Crippen LogP contribution is 2.51. The van der Waals surface area contributed by atoms with Gasteiger partial charge in [0.2, 0.25) is 0 Å². The van der Waals surface area contributed by atoms with Crippen molar-refractivity contribution in [3.63, 3.8) is 0 Å². The van der Waals surface area contributed by atoms with Gasteiger partial charge in [-0.25, -0.2) is 9.69 Å². The fourth-order valence-corrected chi connectivity index (χ4v) is 6.10. The number of H-pyrrole nitrogens is 1. The molecule has 1 fully saturated rings. The molecule has 2 aliphatic rings. The van der Waals surface area contributed by atoms with Crippen LogP contribution in [-0.4, -0.2) is 41.6 Å². The van der Waals surface area contributed by atoms with Crippen molar-refractivity contribution in [2.24, 2.45) is 0 Å². The van der Waals surface area contributed by atoms with Crippen LogP contribution in [0.1, 0.15) is 49.9 Å². The first-order chi connectivity index (χ1) is 18.9. The summed E-state index contributed by atoms with van der Waals surface area (Å²) in [5, 5.41) is 1.37. The van der Waals surface area contributed by atoms with Gasteiger partial charge in [0.15, 0.2) is 17.0 Å². The summed E-state index contributed by atoms with van der Waals surface area (Å²) in [4.78, 5) is 34.5. The number of fused-ring (bicyclic) bond motifs is 5. The monoisotopic (exact) mass is 543 g/mol. The zero-order valence-corrected chi connectivity index (χ0v) is 22.9. The predicted molar refractivity (Wildman–Crippen MR) is 152 cm³/mol. The lowest BCUT2D eigenvalue weighted by Crippen LogP contribution is -2.50. The molecule has 2 aliphatic heterocycles. The molecule has 200 valence electrons. The predicted octanol–water partition coefficient (Wildman–Crippen LogP) is 6.84. The maximum absolute atomic E-state index is 14.1. The molecule has 1 N–H and O–H groups in total. The minimum Gasteiger partial charge on any atom is -0.490 e. The fraction of sp³-hybridized carbons (Fsp3) is 0.290. The lowest BCUT2D eigenvalue weighted by molar-refractivity contribution is -0.125. The molecule has 0 bridgehead atoms. The number of nitrogens with one attached hydrogen (secondary N) is 1. The normalized spacial score (nSPS) is 20.4. The van der Waals surface area contributed by atoms with Crippen molar-refractivity contribution in [1.29, 1.82) is 0 Å². The van der Waals surface area contributed by atoms with E-state index in [9.17, 15) is 9.59 Å². The Morgan fingerprint density at radius 1 is 1.00 bits per heavy atom. The number of halogens is 1. The van der Waals surface area contributed by atoms with E-state index in [1.54, 1.807) is 29.2 Å². The van der Waals surface area contributed by atoms with Gasteiger partial charge < -0.3 is 19.4 Å². The zero-order chi connectivity index (χ0) is 27.3. The number of amides is 3. The average Bonchev–Trinajstić information content (AvgIpc) is 3.42. The zero-order valence-electron chi connectivity index (χ0n) is 22.2. The molecule has 1 aromatic heterocycles. The molecule has 39 heavy (non-hydrogen) atoms. The van der Waals surface area contributed by atoms with Crippen LogP contribution in [0.3, 0.4) is 0 Å². The first-order valence-electron chi connectivity index (χ1n) is 13.3. The van der Waals surface area contributed by atoms with Crippen LogP contribution in [-0.2, 0) is 10.3 Å². The highest BCUT2D eigenvalue weighted by Gasteiger charge is 2.61. The number of aromatic amines is 1. The van der Waals surface area contributed by atoms with E-state index >= 15 is 0 Å². The van der Waals surface area contributed by atoms with Gasteiger partial charge in [0.05, 0.1) is 29.6 Å². The van der Waals surface area contributed by atoms with Gasteiger partial charge in [-0.1, -0.05) is 54.9 Å². The number of ether oxygens (including phenoxy) is 2. The maximum Gasteiger partial charge on any atom is 0.332 e. The summed E-state index contributed by atoms with van der Waals surface area (Å²) >= 11 is 6.47. The number of anilines is 1. The van der Waals surface area contributed by atoms with Gasteiger partial charge in [0.1, 0.15) is 0 Å². The molecule has 0 unspecified atom stereocenters. The highest BCUT2D eigenvalue weighted by atomic mass is 35.5. The minimum atomic E-state index is -1.21. The third kappa shape index (κ3) is 3.79. The van der Waals surface area contributed by atoms with Crippen molar-refractivity contribution in [2.45, 2.75) is 38.6 Å². The van der Waals surface area contributed by atoms with Crippen LogP contribution in [0.15, 0.2) is 66.7 Å². The highest BCUT2D eigenvalue weighted by molar-refractivity contribution is 6.36. The maximum atomic E-state index is 14.1. The van der Waals surface area contributed by atoms with E-state index in [2.05, 4.69) is 18.0 Å². The number of carbonyl (C=O) groups excluding carboxylic acids is 2. The molecular formula is C31H30ClN3O4. The number of nitrogens with zero attached hydrogens (tertiary/aromatic N) is 2. The van der Waals surface area contributed by atoms with Gasteiger partial charge in [-0.05, 0) is 61.7 Å². The summed E-state index contributed by atoms with van der Waals surface area (Å²) < 4.78 is 11.9. The third-order valence-corrected chi connectivity index (χ3v) is 8.07. The number of para-hydroxylation sites is 2. The molecule has 0 radical (unpaired) electrons. The summed E-state index contributed by atoms with van der Waals surface area (Å²) in [5.74, 6) is 0.830. The van der Waals surface area contributed by atoms with Crippen LogP contribution >= 0.6 is 11.6 Å². The van der Waals surface area contributed by atoms with Crippen LogP contribution in [0.5, 0.6) is 11.5 Å². The Bertz CT molecular complexity index is 1600. The SMILES string of the molecule is CCCOc1ccc([C@H]2CN3C(=O)N(c4ccccc4Cl)C(=O)[C@]3(C)c3[nH]c4ccccc4c32)cc1OCC. The molecule has 7 nitrogen and oxygen atoms in total. The fourth-order valence-electron chi connectivity index (χ4n) is 5.88. The summed E-state index contributed by atoms with van der Waals surface area (Å²) in [7, 11) is 0. The van der Waals surface area contributed by atoms with E-state index in [-0.39, 0.29) is 11.8 Å². The Morgan fingerprint density at radius 3 is 2.54 bits per heavy atom. The first-order valence-corrected chi connectivity index (χ1v) is 13.7. The van der Waals surface area contributed by atoms with Crippen LogP contribution in [0.4, 0.5) is 10.5 Å². The van der Waals surface area contributed by atoms with E-state index in [4.69, 9.17) is 21.1 Å². The molecule has 3 aromatic carbocycles. The lowest BCUT2D eigenvalue weighted by atomic mass is 9.78. The summed E-state index contributed by atoms with van der Waals surface area (Å²) in [5.41, 5.74) is 2.80. The number of benzene rings is 3. The molecule has 2 atom stereocenters. The van der Waals surface area contributed by atoms with E-state index in [0.717, 1.165) is 34.1 Å². The molecule has 1 saturated heterocycles. The molecule has 8 heteroatoms. The van der Waals surface area contributed by atoms with Crippen LogP contribution in [0.25, 0.3) is 10.9 Å². The lowest BCUT2D eigenvalue weighted by Gasteiger charge is -2.40. The Hall–Kier alpha value is -3.97. The van der Waals surface area contributed by atoms with E-state index in [1.165, 1.54) is 4.90 Å². The van der Waals surface area contributed by atoms with Crippen molar-refractivity contribution < 1.29 is 19.1 Å². The Labute approximate surface area is 232 Å². The van der Waals surface area contributed by atoms with E-state index < -0.39 is 11.6 Å². The van der Waals surface area contributed by atoms with Crippen molar-refractivity contribution in [1.82, 2.24) is 9.88 Å². The second-order valence-corrected chi connectivity index (χ2v) is 10.5. The number of carbonyl (C=O) groups is 2. The third-order valence-electron chi connectivity index (χ3n) is 7.75. The molecule has 6 rings (SSSR count). The van der Waals surface area contributed by atoms with Crippen molar-refractivity contribution in [2.75, 3.05) is 24.7 Å². The van der Waals surface area contributed by atoms with Crippen LogP contribution in [0, 0.1) is 0 Å². The van der Waals surface area contributed by atoms with E-state index in [1.807, 2.05) is 50.2 Å². The molecule has 4 aromatic rings. The summed E-state index contributed by atoms with van der Waals surface area (Å²) in [6.45, 7) is 7.23. The number of hydrogen-bond donors (Lipinski definition) is 1. The van der Waals surface area contributed by atoms with Gasteiger partial charge in [-0.2, -0.15) is 0 Å². The van der Waals surface area contributed by atoms with Gasteiger partial charge in [0.25, 0.3) is 5.91 Å². The second kappa shape index (κ2) is 9.65. The quantitative estimate of drug-likeness (QED) is 0.259. The minimum absolute atomic E-state index is 0.202. The Morgan fingerprint density at radius 2 is 1.77 bits per heavy atom. The van der Waals surface area contributed by atoms with Crippen molar-refractivity contribution in [3.05, 3.63) is 88.6 Å². The van der Waals surface area contributed by atoms with Crippen LogP contribution in [0.2, 0.25) is 5.02 Å². The first kappa shape index (κ1) is 25.3. The van der Waals surface area contributed by atoms with Gasteiger partial charge in [0, 0.05) is 23.4 Å². The van der Waals surface area contributed by atoms with Gasteiger partial charge in [-0.15, -0.1) is 0 Å². The molecular weight excluding hydrogens is 514 g/mol. The summed E-state index contributed by atoms with van der Waals surface area (Å²) in [6.07, 6.45) is 0.889. The average molecular weight is 544 g/mol. The largest absolute Gasteiger partial charge is 0.490 e. The molecule has 0 aliphatic carbocycles. The molecule has 0 saturated carbocycles. The number of urea groups is 1. The number of aromatic nitrogens is 1. The van der Waals surface area contributed by atoms with Crippen molar-refractivity contribution >= 4 is 40.1 Å². The molecule has 3 amide bonds. The smallest absolute Gasteiger partial charge is 0.332 e. The molecule has 0 spiro atoms. The second-order valence-electron chi connectivity index (χ2n) is 10.1. The Balaban J connectivity index is 1.53. The van der Waals surface area contributed by atoms with Gasteiger partial charge >= 0.3 is 6.03 Å². The van der Waals surface area contributed by atoms with E-state index in [0.29, 0.717) is 42.0 Å². The van der Waals surface area contributed by atoms with Crippen molar-refractivity contribution in [3.8, 4) is 11.5 Å². The number of imide groups is 1. The topological polar surface area (TPSA) is 74.9 Å². The Kier molecular flexibility index (Phi) is 6.26. The summed E-state index contributed by atoms with van der Waals surface area (Å²) in [6, 6.07) is 20.5.